The van der Waals surface area contributed by atoms with Crippen LogP contribution in [0, 0.1) is 6.92 Å². The summed E-state index contributed by atoms with van der Waals surface area (Å²) < 4.78 is 0. The lowest BCUT2D eigenvalue weighted by molar-refractivity contribution is 0.937. The first-order valence-corrected chi connectivity index (χ1v) is 6.18. The molecule has 76 valence electrons. The minimum absolute atomic E-state index is 0.700. The van der Waals surface area contributed by atoms with Gasteiger partial charge in [-0.05, 0) is 25.0 Å². The molecule has 2 aromatic rings. The molecule has 1 aromatic carbocycles. The molecule has 15 heavy (non-hydrogen) atoms. The maximum atomic E-state index is 4.67. The van der Waals surface area contributed by atoms with E-state index in [2.05, 4.69) is 43.1 Å². The van der Waals surface area contributed by atoms with Crippen molar-refractivity contribution in [1.82, 2.24) is 4.98 Å². The molecule has 0 N–H and O–H groups in total. The lowest BCUT2D eigenvalue weighted by Gasteiger charge is -2.06. The van der Waals surface area contributed by atoms with Gasteiger partial charge < -0.3 is 0 Å². The number of pyridine rings is 1. The lowest BCUT2D eigenvalue weighted by atomic mass is 10.1. The molecule has 1 atom stereocenters. The van der Waals surface area contributed by atoms with Gasteiger partial charge in [0.2, 0.25) is 0 Å². The standard InChI is InChI=1S/C13H13NS/c1-8-7-11-9(2)14-12-6-4-3-5-10(12)13(11)15-8/h3-6,8H,7H2,1-2H3/t8-/m0/s1. The second-order valence-electron chi connectivity index (χ2n) is 4.15. The number of para-hydroxylation sites is 1. The van der Waals surface area contributed by atoms with Gasteiger partial charge in [0, 0.05) is 21.2 Å². The molecule has 1 nitrogen and oxygen atoms in total. The average Bonchev–Trinajstić information content (AvgIpc) is 2.61. The van der Waals surface area contributed by atoms with E-state index in [1.807, 2.05) is 11.8 Å². The highest BCUT2D eigenvalue weighted by atomic mass is 32.2. The summed E-state index contributed by atoms with van der Waals surface area (Å²) in [5, 5.41) is 2.03. The van der Waals surface area contributed by atoms with Crippen molar-refractivity contribution >= 4 is 22.7 Å². The molecular formula is C13H13NS. The normalized spacial score (nSPS) is 19.5. The predicted octanol–water partition coefficient (Wildman–Crippen LogP) is 3.58. The number of nitrogens with zero attached hydrogens (tertiary/aromatic N) is 1. The molecule has 0 unspecified atom stereocenters. The van der Waals surface area contributed by atoms with Gasteiger partial charge in [0.15, 0.2) is 0 Å². The number of hydrogen-bond acceptors (Lipinski definition) is 2. The Bertz CT molecular complexity index is 533. The SMILES string of the molecule is Cc1nc2ccccc2c2c1C[C@H](C)S2. The summed E-state index contributed by atoms with van der Waals surface area (Å²) in [6.45, 7) is 4.42. The van der Waals surface area contributed by atoms with Crippen molar-refractivity contribution in [2.45, 2.75) is 30.4 Å². The van der Waals surface area contributed by atoms with Crippen LogP contribution in [0.4, 0.5) is 0 Å². The molecule has 1 aliphatic heterocycles. The Morgan fingerprint density at radius 2 is 2.13 bits per heavy atom. The smallest absolute Gasteiger partial charge is 0.0716 e. The first kappa shape index (κ1) is 9.22. The first-order chi connectivity index (χ1) is 7.25. The van der Waals surface area contributed by atoms with Crippen LogP contribution >= 0.6 is 11.8 Å². The fraction of sp³-hybridized carbons (Fsp3) is 0.308. The summed E-state index contributed by atoms with van der Waals surface area (Å²) in [7, 11) is 0. The highest BCUT2D eigenvalue weighted by molar-refractivity contribution is 8.00. The van der Waals surface area contributed by atoms with E-state index in [1.165, 1.54) is 28.0 Å². The van der Waals surface area contributed by atoms with Crippen LogP contribution in [0.1, 0.15) is 18.2 Å². The van der Waals surface area contributed by atoms with Gasteiger partial charge in [-0.1, -0.05) is 25.1 Å². The molecule has 3 rings (SSSR count). The highest BCUT2D eigenvalue weighted by Gasteiger charge is 2.23. The summed E-state index contributed by atoms with van der Waals surface area (Å²) >= 11 is 1.99. The molecule has 0 saturated carbocycles. The van der Waals surface area contributed by atoms with Crippen molar-refractivity contribution < 1.29 is 0 Å². The van der Waals surface area contributed by atoms with E-state index in [9.17, 15) is 0 Å². The third kappa shape index (κ3) is 1.36. The molecule has 0 fully saturated rings. The molecule has 0 aliphatic carbocycles. The van der Waals surface area contributed by atoms with Crippen LogP contribution in [0.3, 0.4) is 0 Å². The van der Waals surface area contributed by atoms with Gasteiger partial charge >= 0.3 is 0 Å². The van der Waals surface area contributed by atoms with Crippen molar-refractivity contribution in [2.75, 3.05) is 0 Å². The number of thioether (sulfide) groups is 1. The topological polar surface area (TPSA) is 12.9 Å². The maximum absolute atomic E-state index is 4.67. The van der Waals surface area contributed by atoms with E-state index >= 15 is 0 Å². The maximum Gasteiger partial charge on any atom is 0.0716 e. The van der Waals surface area contributed by atoms with E-state index in [0.29, 0.717) is 5.25 Å². The van der Waals surface area contributed by atoms with Gasteiger partial charge in [0.1, 0.15) is 0 Å². The molecule has 1 aliphatic rings. The van der Waals surface area contributed by atoms with Crippen LogP contribution < -0.4 is 0 Å². The number of rotatable bonds is 0. The molecule has 0 radical (unpaired) electrons. The Morgan fingerprint density at radius 1 is 1.33 bits per heavy atom. The quantitative estimate of drug-likeness (QED) is 0.666. The van der Waals surface area contributed by atoms with Crippen molar-refractivity contribution in [3.63, 3.8) is 0 Å². The Hall–Kier alpha value is -1.02. The van der Waals surface area contributed by atoms with E-state index < -0.39 is 0 Å². The Labute approximate surface area is 93.9 Å². The summed E-state index contributed by atoms with van der Waals surface area (Å²) in [6.07, 6.45) is 1.17. The minimum atomic E-state index is 0.700. The number of aromatic nitrogens is 1. The van der Waals surface area contributed by atoms with E-state index in [-0.39, 0.29) is 0 Å². The second-order valence-corrected chi connectivity index (χ2v) is 5.60. The third-order valence-corrected chi connectivity index (χ3v) is 4.23. The average molecular weight is 215 g/mol. The molecule has 0 saturated heterocycles. The summed E-state index contributed by atoms with van der Waals surface area (Å²) in [4.78, 5) is 6.13. The van der Waals surface area contributed by atoms with Crippen LogP contribution in [0.5, 0.6) is 0 Å². The monoisotopic (exact) mass is 215 g/mol. The van der Waals surface area contributed by atoms with Crippen molar-refractivity contribution in [3.05, 3.63) is 35.5 Å². The second kappa shape index (κ2) is 3.24. The Kier molecular flexibility index (Phi) is 1.99. The molecule has 0 spiro atoms. The van der Waals surface area contributed by atoms with Gasteiger partial charge in [0.25, 0.3) is 0 Å². The fourth-order valence-electron chi connectivity index (χ4n) is 2.24. The Balaban J connectivity index is 2.38. The summed E-state index contributed by atoms with van der Waals surface area (Å²) in [6, 6.07) is 8.45. The highest BCUT2D eigenvalue weighted by Crippen LogP contribution is 2.42. The Morgan fingerprint density at radius 3 is 3.00 bits per heavy atom. The number of hydrogen-bond donors (Lipinski definition) is 0. The van der Waals surface area contributed by atoms with Crippen LogP contribution in [0.15, 0.2) is 29.2 Å². The minimum Gasteiger partial charge on any atom is -0.253 e. The zero-order valence-electron chi connectivity index (χ0n) is 8.95. The fourth-order valence-corrected chi connectivity index (χ4v) is 3.57. The van der Waals surface area contributed by atoms with Crippen LogP contribution in [0.2, 0.25) is 0 Å². The van der Waals surface area contributed by atoms with Crippen molar-refractivity contribution in [3.8, 4) is 0 Å². The molecule has 2 heterocycles. The molecule has 0 amide bonds. The van der Waals surface area contributed by atoms with Crippen LogP contribution in [0.25, 0.3) is 10.9 Å². The number of benzene rings is 1. The molecule has 1 aromatic heterocycles. The lowest BCUT2D eigenvalue weighted by Crippen LogP contribution is -1.95. The van der Waals surface area contributed by atoms with Gasteiger partial charge in [-0.15, -0.1) is 11.8 Å². The molecular weight excluding hydrogens is 202 g/mol. The van der Waals surface area contributed by atoms with Crippen LogP contribution in [-0.2, 0) is 6.42 Å². The van der Waals surface area contributed by atoms with E-state index in [1.54, 1.807) is 0 Å². The van der Waals surface area contributed by atoms with Gasteiger partial charge in [0.05, 0.1) is 5.52 Å². The summed E-state index contributed by atoms with van der Waals surface area (Å²) in [5.41, 5.74) is 3.81. The van der Waals surface area contributed by atoms with Crippen molar-refractivity contribution in [2.24, 2.45) is 0 Å². The van der Waals surface area contributed by atoms with Gasteiger partial charge in [-0.2, -0.15) is 0 Å². The molecule has 2 heteroatoms. The van der Waals surface area contributed by atoms with E-state index in [4.69, 9.17) is 0 Å². The van der Waals surface area contributed by atoms with Gasteiger partial charge in [-0.3, -0.25) is 4.98 Å². The van der Waals surface area contributed by atoms with Crippen LogP contribution in [-0.4, -0.2) is 10.2 Å². The number of fused-ring (bicyclic) bond motifs is 3. The third-order valence-electron chi connectivity index (χ3n) is 2.96. The predicted molar refractivity (Wildman–Crippen MR) is 65.5 cm³/mol. The zero-order chi connectivity index (χ0) is 10.4. The van der Waals surface area contributed by atoms with Crippen molar-refractivity contribution in [1.29, 1.82) is 0 Å². The zero-order valence-corrected chi connectivity index (χ0v) is 9.77. The molecule has 0 bridgehead atoms. The summed E-state index contributed by atoms with van der Waals surface area (Å²) in [5.74, 6) is 0. The number of aryl methyl sites for hydroxylation is 1. The largest absolute Gasteiger partial charge is 0.253 e. The van der Waals surface area contributed by atoms with Gasteiger partial charge in [-0.25, -0.2) is 0 Å². The first-order valence-electron chi connectivity index (χ1n) is 5.30. The van der Waals surface area contributed by atoms with E-state index in [0.717, 1.165) is 5.52 Å².